The second-order valence-corrected chi connectivity index (χ2v) is 8.27. The van der Waals surface area contributed by atoms with Crippen molar-refractivity contribution in [2.24, 2.45) is 0 Å². The standard InChI is InChI=1S/C27H24N2O6/c1-17-3-7-19(8-4-17)26(27(31)28-20-9-11-22-24(14-20)35-16-33-22)29(2)25(30)12-6-18-5-10-21-23(13-18)34-15-32-21/h3-14,26H,15-16H2,1-2H3,(H,28,31)/b12-6-/t26-/m0/s1. The molecule has 3 aromatic rings. The van der Waals surface area contributed by atoms with Gasteiger partial charge in [0.1, 0.15) is 6.04 Å². The minimum atomic E-state index is -0.852. The van der Waals surface area contributed by atoms with E-state index in [1.165, 1.54) is 11.0 Å². The summed E-state index contributed by atoms with van der Waals surface area (Å²) < 4.78 is 21.5. The van der Waals surface area contributed by atoms with Crippen LogP contribution in [0.2, 0.25) is 0 Å². The van der Waals surface area contributed by atoms with Gasteiger partial charge in [0.25, 0.3) is 5.91 Å². The minimum absolute atomic E-state index is 0.145. The van der Waals surface area contributed by atoms with Gasteiger partial charge >= 0.3 is 0 Å². The highest BCUT2D eigenvalue weighted by Crippen LogP contribution is 2.35. The largest absolute Gasteiger partial charge is 0.454 e. The zero-order valence-corrected chi connectivity index (χ0v) is 19.3. The van der Waals surface area contributed by atoms with Crippen molar-refractivity contribution >= 4 is 23.6 Å². The molecule has 2 heterocycles. The molecule has 2 aliphatic rings. The van der Waals surface area contributed by atoms with E-state index >= 15 is 0 Å². The van der Waals surface area contributed by atoms with Gasteiger partial charge in [-0.25, -0.2) is 0 Å². The van der Waals surface area contributed by atoms with Gasteiger partial charge in [0.15, 0.2) is 23.0 Å². The van der Waals surface area contributed by atoms with Gasteiger partial charge in [-0.15, -0.1) is 0 Å². The van der Waals surface area contributed by atoms with Crippen LogP contribution in [0.25, 0.3) is 6.08 Å². The molecule has 8 nitrogen and oxygen atoms in total. The van der Waals surface area contributed by atoms with Crippen molar-refractivity contribution in [2.45, 2.75) is 13.0 Å². The molecule has 2 aliphatic heterocycles. The predicted molar refractivity (Wildman–Crippen MR) is 129 cm³/mol. The average Bonchev–Trinajstić information content (AvgIpc) is 3.52. The van der Waals surface area contributed by atoms with Crippen molar-refractivity contribution in [3.63, 3.8) is 0 Å². The summed E-state index contributed by atoms with van der Waals surface area (Å²) >= 11 is 0. The summed E-state index contributed by atoms with van der Waals surface area (Å²) in [5.41, 5.74) is 3.09. The Morgan fingerprint density at radius 2 is 1.49 bits per heavy atom. The lowest BCUT2D eigenvalue weighted by Gasteiger charge is -2.27. The number of benzene rings is 3. The van der Waals surface area contributed by atoms with Crippen molar-refractivity contribution in [3.8, 4) is 23.0 Å². The van der Waals surface area contributed by atoms with Crippen molar-refractivity contribution in [3.05, 3.63) is 83.4 Å². The quantitative estimate of drug-likeness (QED) is 0.539. The number of aryl methyl sites for hydroxylation is 1. The number of fused-ring (bicyclic) bond motifs is 2. The predicted octanol–water partition coefficient (Wildman–Crippen LogP) is 4.30. The van der Waals surface area contributed by atoms with Crippen molar-refractivity contribution in [1.29, 1.82) is 0 Å². The van der Waals surface area contributed by atoms with Crippen LogP contribution in [0.5, 0.6) is 23.0 Å². The number of rotatable bonds is 6. The molecule has 0 radical (unpaired) electrons. The van der Waals surface area contributed by atoms with Gasteiger partial charge in [0, 0.05) is 24.9 Å². The van der Waals surface area contributed by atoms with Crippen LogP contribution in [0.3, 0.4) is 0 Å². The molecule has 0 saturated carbocycles. The van der Waals surface area contributed by atoms with Gasteiger partial charge in [0.05, 0.1) is 0 Å². The molecule has 178 valence electrons. The first-order valence-electron chi connectivity index (χ1n) is 11.1. The summed E-state index contributed by atoms with van der Waals surface area (Å²) in [5.74, 6) is 1.82. The van der Waals surface area contributed by atoms with E-state index in [4.69, 9.17) is 18.9 Å². The first-order chi connectivity index (χ1) is 17.0. The maximum atomic E-state index is 13.4. The van der Waals surface area contributed by atoms with Crippen LogP contribution in [0, 0.1) is 6.92 Å². The molecular weight excluding hydrogens is 448 g/mol. The molecule has 0 bridgehead atoms. The van der Waals surface area contributed by atoms with Crippen molar-refractivity contribution in [2.75, 3.05) is 26.0 Å². The average molecular weight is 472 g/mol. The number of ether oxygens (including phenoxy) is 4. The fourth-order valence-electron chi connectivity index (χ4n) is 3.91. The van der Waals surface area contributed by atoms with Gasteiger partial charge in [-0.3, -0.25) is 9.59 Å². The van der Waals surface area contributed by atoms with Crippen LogP contribution in [-0.2, 0) is 9.59 Å². The Balaban J connectivity index is 1.37. The second-order valence-electron chi connectivity index (χ2n) is 8.27. The molecular formula is C27H24N2O6. The number of anilines is 1. The Bertz CT molecular complexity index is 1300. The van der Waals surface area contributed by atoms with Crippen molar-refractivity contribution < 1.29 is 28.5 Å². The summed E-state index contributed by atoms with van der Waals surface area (Å²) in [6.07, 6.45) is 3.12. The monoisotopic (exact) mass is 472 g/mol. The first-order valence-corrected chi connectivity index (χ1v) is 11.1. The summed E-state index contributed by atoms with van der Waals surface area (Å²) in [6.45, 7) is 2.29. The van der Waals surface area contributed by atoms with E-state index in [-0.39, 0.29) is 25.4 Å². The first kappa shape index (κ1) is 22.3. The fraction of sp³-hybridized carbons (Fsp3) is 0.185. The number of carbonyl (C=O) groups is 2. The van der Waals surface area contributed by atoms with Gasteiger partial charge in [0.2, 0.25) is 19.5 Å². The van der Waals surface area contributed by atoms with Crippen LogP contribution < -0.4 is 24.3 Å². The maximum Gasteiger partial charge on any atom is 0.251 e. The van der Waals surface area contributed by atoms with Crippen LogP contribution in [0.15, 0.2) is 66.7 Å². The summed E-state index contributed by atoms with van der Waals surface area (Å²) in [6, 6.07) is 17.3. The number of likely N-dealkylation sites (N-methyl/N-ethyl adjacent to an activating group) is 1. The molecule has 1 atom stereocenters. The van der Waals surface area contributed by atoms with Gasteiger partial charge in [-0.2, -0.15) is 0 Å². The molecule has 3 aromatic carbocycles. The topological polar surface area (TPSA) is 86.3 Å². The van der Waals surface area contributed by atoms with E-state index < -0.39 is 6.04 Å². The zero-order valence-electron chi connectivity index (χ0n) is 19.3. The molecule has 0 aliphatic carbocycles. The molecule has 0 unspecified atom stereocenters. The van der Waals surface area contributed by atoms with E-state index in [1.54, 1.807) is 43.5 Å². The molecule has 0 saturated heterocycles. The summed E-state index contributed by atoms with van der Waals surface area (Å²) in [5, 5.41) is 2.90. The molecule has 5 rings (SSSR count). The molecule has 35 heavy (non-hydrogen) atoms. The third-order valence-corrected chi connectivity index (χ3v) is 5.83. The summed E-state index contributed by atoms with van der Waals surface area (Å²) in [4.78, 5) is 27.9. The van der Waals surface area contributed by atoms with E-state index in [0.29, 0.717) is 34.2 Å². The molecule has 2 amide bonds. The lowest BCUT2D eigenvalue weighted by atomic mass is 10.0. The minimum Gasteiger partial charge on any atom is -0.454 e. The van der Waals surface area contributed by atoms with E-state index in [0.717, 1.165) is 11.1 Å². The van der Waals surface area contributed by atoms with Gasteiger partial charge in [-0.05, 0) is 48.4 Å². The van der Waals surface area contributed by atoms with Crippen molar-refractivity contribution in [1.82, 2.24) is 4.90 Å². The number of nitrogens with zero attached hydrogens (tertiary/aromatic N) is 1. The zero-order chi connectivity index (χ0) is 24.4. The van der Waals surface area contributed by atoms with E-state index in [2.05, 4.69) is 5.32 Å². The molecule has 8 heteroatoms. The third kappa shape index (κ3) is 4.77. The molecule has 0 fully saturated rings. The Labute approximate surface area is 202 Å². The lowest BCUT2D eigenvalue weighted by molar-refractivity contribution is -0.133. The number of nitrogens with one attached hydrogen (secondary N) is 1. The number of carbonyl (C=O) groups excluding carboxylic acids is 2. The van der Waals surface area contributed by atoms with Crippen LogP contribution >= 0.6 is 0 Å². The molecule has 0 aromatic heterocycles. The normalized spacial score (nSPS) is 14.1. The van der Waals surface area contributed by atoms with Crippen LogP contribution in [-0.4, -0.2) is 37.3 Å². The fourth-order valence-corrected chi connectivity index (χ4v) is 3.91. The highest BCUT2D eigenvalue weighted by molar-refractivity contribution is 6.00. The van der Waals surface area contributed by atoms with Crippen LogP contribution in [0.4, 0.5) is 5.69 Å². The lowest BCUT2D eigenvalue weighted by Crippen LogP contribution is -2.37. The Morgan fingerprint density at radius 1 is 0.857 bits per heavy atom. The Kier molecular flexibility index (Phi) is 6.01. The van der Waals surface area contributed by atoms with E-state index in [1.807, 2.05) is 37.3 Å². The van der Waals surface area contributed by atoms with Gasteiger partial charge in [-0.1, -0.05) is 35.9 Å². The third-order valence-electron chi connectivity index (χ3n) is 5.83. The number of amides is 2. The summed E-state index contributed by atoms with van der Waals surface area (Å²) in [7, 11) is 1.61. The molecule has 0 spiro atoms. The Morgan fingerprint density at radius 3 is 2.20 bits per heavy atom. The number of hydrogen-bond donors (Lipinski definition) is 1. The van der Waals surface area contributed by atoms with Gasteiger partial charge < -0.3 is 29.2 Å². The maximum absolute atomic E-state index is 13.4. The van der Waals surface area contributed by atoms with Crippen LogP contribution in [0.1, 0.15) is 22.7 Å². The SMILES string of the molecule is Cc1ccc([C@@H](C(=O)Nc2ccc3c(c2)OCO3)N(C)C(=O)/C=C\c2ccc3c(c2)OCO3)cc1. The highest BCUT2D eigenvalue weighted by atomic mass is 16.7. The highest BCUT2D eigenvalue weighted by Gasteiger charge is 2.28. The second kappa shape index (κ2) is 9.42. The smallest absolute Gasteiger partial charge is 0.251 e. The Hall–Kier alpha value is -4.46. The molecule has 1 N–H and O–H groups in total. The van der Waals surface area contributed by atoms with E-state index in [9.17, 15) is 9.59 Å². The number of hydrogen-bond acceptors (Lipinski definition) is 6.